The molecule has 20 heavy (non-hydrogen) atoms. The van der Waals surface area contributed by atoms with Gasteiger partial charge in [0.05, 0.1) is 7.05 Å². The highest BCUT2D eigenvalue weighted by molar-refractivity contribution is 6.68. The lowest BCUT2D eigenvalue weighted by Gasteiger charge is -2.30. The number of rotatable bonds is 6. The van der Waals surface area contributed by atoms with Gasteiger partial charge in [-0.1, -0.05) is 72.1 Å². The second-order valence-corrected chi connectivity index (χ2v) is 7.17. The smallest absolute Gasteiger partial charge is 0.262 e. The van der Waals surface area contributed by atoms with Crippen molar-refractivity contribution in [3.05, 3.63) is 35.9 Å². The van der Waals surface area contributed by atoms with Gasteiger partial charge in [0.2, 0.25) is 12.1 Å². The molecule has 1 aromatic rings. The van der Waals surface area contributed by atoms with Crippen LogP contribution >= 0.6 is 34.8 Å². The summed E-state index contributed by atoms with van der Waals surface area (Å²) in [5.74, 6) is -0.101. The average Bonchev–Trinajstić information content (AvgIpc) is 2.36. The Kier molecular flexibility index (Phi) is 7.10. The number of halogens is 3. The molecule has 0 fully saturated rings. The fourth-order valence-electron chi connectivity index (χ4n) is 1.96. The van der Waals surface area contributed by atoms with E-state index in [4.69, 9.17) is 34.8 Å². The molecule has 0 aliphatic carbocycles. The number of amides is 1. The number of benzene rings is 1. The predicted molar refractivity (Wildman–Crippen MR) is 84.2 cm³/mol. The second-order valence-electron chi connectivity index (χ2n) is 4.80. The molecule has 1 amide bonds. The molecule has 0 aromatic heterocycles. The summed E-state index contributed by atoms with van der Waals surface area (Å²) in [7, 11) is 1.89. The van der Waals surface area contributed by atoms with E-state index in [0.29, 0.717) is 13.0 Å². The minimum absolute atomic E-state index is 0.101. The Morgan fingerprint density at radius 3 is 2.40 bits per heavy atom. The van der Waals surface area contributed by atoms with Gasteiger partial charge >= 0.3 is 0 Å². The average molecular weight is 339 g/mol. The maximum atomic E-state index is 11.8. The lowest BCUT2D eigenvalue weighted by atomic mass is 10.2. The van der Waals surface area contributed by atoms with E-state index in [1.807, 2.05) is 44.3 Å². The summed E-state index contributed by atoms with van der Waals surface area (Å²) in [6.07, 6.45) is 0.596. The lowest BCUT2D eigenvalue weighted by Crippen LogP contribution is -3.15. The van der Waals surface area contributed by atoms with Crippen LogP contribution in [-0.2, 0) is 11.3 Å². The normalized spacial score (nSPS) is 14.7. The quantitative estimate of drug-likeness (QED) is 0.606. The first-order valence-corrected chi connectivity index (χ1v) is 7.70. The highest BCUT2D eigenvalue weighted by Crippen LogP contribution is 2.27. The van der Waals surface area contributed by atoms with E-state index in [1.165, 1.54) is 0 Å². The highest BCUT2D eigenvalue weighted by atomic mass is 35.6. The van der Waals surface area contributed by atoms with E-state index >= 15 is 0 Å². The molecule has 0 heterocycles. The number of carbonyl (C=O) groups is 1. The van der Waals surface area contributed by atoms with E-state index < -0.39 is 9.96 Å². The van der Waals surface area contributed by atoms with Crippen molar-refractivity contribution >= 4 is 40.7 Å². The van der Waals surface area contributed by atoms with Crippen LogP contribution in [0.25, 0.3) is 0 Å². The van der Waals surface area contributed by atoms with Gasteiger partial charge in [0.15, 0.2) is 0 Å². The van der Waals surface area contributed by atoms with Gasteiger partial charge in [0, 0.05) is 12.0 Å². The number of carbonyl (C=O) groups excluding carboxylic acids is 1. The van der Waals surface area contributed by atoms with Crippen LogP contribution in [0, 0.1) is 0 Å². The third-order valence-corrected chi connectivity index (χ3v) is 3.58. The topological polar surface area (TPSA) is 33.5 Å². The summed E-state index contributed by atoms with van der Waals surface area (Å²) in [6.45, 7) is 2.59. The number of quaternary nitrogens is 1. The first kappa shape index (κ1) is 17.6. The molecular weight excluding hydrogens is 319 g/mol. The van der Waals surface area contributed by atoms with Crippen molar-refractivity contribution in [1.29, 1.82) is 0 Å². The molecule has 0 aliphatic rings. The number of hydrogen-bond acceptors (Lipinski definition) is 1. The molecule has 3 nitrogen and oxygen atoms in total. The Morgan fingerprint density at radius 2 is 1.90 bits per heavy atom. The lowest BCUT2D eigenvalue weighted by molar-refractivity contribution is -0.921. The maximum absolute atomic E-state index is 11.8. The van der Waals surface area contributed by atoms with E-state index in [9.17, 15) is 4.79 Å². The van der Waals surface area contributed by atoms with Gasteiger partial charge in [0.25, 0.3) is 3.79 Å². The van der Waals surface area contributed by atoms with Crippen LogP contribution in [0.5, 0.6) is 0 Å². The van der Waals surface area contributed by atoms with Crippen molar-refractivity contribution in [3.8, 4) is 0 Å². The van der Waals surface area contributed by atoms with Crippen molar-refractivity contribution in [3.63, 3.8) is 0 Å². The standard InChI is InChI=1S/C14H19Cl3N2O/c1-3-7-12(20)18-13(14(15,16)17)19(2)10-11-8-5-4-6-9-11/h4-6,8-9,13H,3,7,10H2,1-2H3,(H,18,20)/p+1/t13-/m0/s1. The van der Waals surface area contributed by atoms with Crippen LogP contribution in [0.1, 0.15) is 25.3 Å². The van der Waals surface area contributed by atoms with Crippen molar-refractivity contribution in [2.75, 3.05) is 7.05 Å². The summed E-state index contributed by atoms with van der Waals surface area (Å²) in [5, 5.41) is 2.81. The van der Waals surface area contributed by atoms with Crippen LogP contribution in [0.15, 0.2) is 30.3 Å². The zero-order chi connectivity index (χ0) is 15.2. The molecule has 0 saturated heterocycles. The molecule has 2 N–H and O–H groups in total. The summed E-state index contributed by atoms with van der Waals surface area (Å²) >= 11 is 18.0. The van der Waals surface area contributed by atoms with Crippen LogP contribution in [0.2, 0.25) is 0 Å². The maximum Gasteiger partial charge on any atom is 0.262 e. The summed E-state index contributed by atoms with van der Waals surface area (Å²) in [5.41, 5.74) is 1.12. The molecule has 0 spiro atoms. The van der Waals surface area contributed by atoms with Gasteiger partial charge in [-0.2, -0.15) is 0 Å². The predicted octanol–water partition coefficient (Wildman–Crippen LogP) is 2.31. The molecule has 112 valence electrons. The Balaban J connectivity index is 2.75. The fourth-order valence-corrected chi connectivity index (χ4v) is 2.69. The molecule has 0 radical (unpaired) electrons. The van der Waals surface area contributed by atoms with Crippen LogP contribution in [0.3, 0.4) is 0 Å². The molecule has 6 heteroatoms. The SMILES string of the molecule is CCCC(=O)N[C@@H]([NH+](C)Cc1ccccc1)C(Cl)(Cl)Cl. The van der Waals surface area contributed by atoms with Gasteiger partial charge in [-0.15, -0.1) is 0 Å². The van der Waals surface area contributed by atoms with Gasteiger partial charge in [-0.05, 0) is 6.42 Å². The number of alkyl halides is 3. The first-order valence-electron chi connectivity index (χ1n) is 6.57. The van der Waals surface area contributed by atoms with Gasteiger partial charge in [-0.3, -0.25) is 4.79 Å². The summed E-state index contributed by atoms with van der Waals surface area (Å²) in [4.78, 5) is 12.7. The van der Waals surface area contributed by atoms with Gasteiger partial charge in [0.1, 0.15) is 6.54 Å². The molecular formula is C14H20Cl3N2O+. The molecule has 1 aromatic carbocycles. The molecule has 1 rings (SSSR count). The van der Waals surface area contributed by atoms with Crippen molar-refractivity contribution in [1.82, 2.24) is 5.32 Å². The molecule has 0 saturated carbocycles. The Bertz CT molecular complexity index is 420. The highest BCUT2D eigenvalue weighted by Gasteiger charge is 2.40. The second kappa shape index (κ2) is 8.08. The third kappa shape index (κ3) is 5.88. The Morgan fingerprint density at radius 1 is 1.30 bits per heavy atom. The molecule has 0 bridgehead atoms. The van der Waals surface area contributed by atoms with Crippen molar-refractivity contribution < 1.29 is 9.69 Å². The largest absolute Gasteiger partial charge is 0.310 e. The van der Waals surface area contributed by atoms with E-state index in [0.717, 1.165) is 16.9 Å². The number of nitrogens with one attached hydrogen (secondary N) is 2. The first-order chi connectivity index (χ1) is 9.34. The van der Waals surface area contributed by atoms with Crippen LogP contribution in [0.4, 0.5) is 0 Å². The zero-order valence-corrected chi connectivity index (χ0v) is 13.9. The third-order valence-electron chi connectivity index (χ3n) is 2.93. The Labute approximate surface area is 135 Å². The minimum Gasteiger partial charge on any atom is -0.310 e. The summed E-state index contributed by atoms with van der Waals surface area (Å²) in [6, 6.07) is 9.89. The van der Waals surface area contributed by atoms with Crippen molar-refractivity contribution in [2.24, 2.45) is 0 Å². The monoisotopic (exact) mass is 337 g/mol. The van der Waals surface area contributed by atoms with Crippen molar-refractivity contribution in [2.45, 2.75) is 36.3 Å². The van der Waals surface area contributed by atoms with Gasteiger partial charge in [-0.25, -0.2) is 0 Å². The Hall–Kier alpha value is -0.480. The fraction of sp³-hybridized carbons (Fsp3) is 0.500. The zero-order valence-electron chi connectivity index (χ0n) is 11.6. The molecule has 2 atom stereocenters. The van der Waals surface area contributed by atoms with Gasteiger partial charge < -0.3 is 10.2 Å². The molecule has 1 unspecified atom stereocenters. The van der Waals surface area contributed by atoms with E-state index in [1.54, 1.807) is 0 Å². The summed E-state index contributed by atoms with van der Waals surface area (Å²) < 4.78 is -1.55. The molecule has 0 aliphatic heterocycles. The number of hydrogen-bond donors (Lipinski definition) is 2. The van der Waals surface area contributed by atoms with Crippen LogP contribution in [-0.4, -0.2) is 22.9 Å². The van der Waals surface area contributed by atoms with Crippen LogP contribution < -0.4 is 10.2 Å². The minimum atomic E-state index is -1.55. The van der Waals surface area contributed by atoms with E-state index in [-0.39, 0.29) is 5.91 Å². The van der Waals surface area contributed by atoms with E-state index in [2.05, 4.69) is 5.32 Å².